The van der Waals surface area contributed by atoms with Crippen molar-refractivity contribution in [2.75, 3.05) is 33.8 Å². The van der Waals surface area contributed by atoms with E-state index in [-0.39, 0.29) is 17.4 Å². The SMILES string of the molecule is COc1cccc(C2CN(C(=O)c3c(C(C)(C)C)noc3C)CCN2C)c1. The zero-order valence-electron chi connectivity index (χ0n) is 17.1. The lowest BCUT2D eigenvalue weighted by Gasteiger charge is -2.40. The number of methoxy groups -OCH3 is 1. The molecule has 1 saturated heterocycles. The van der Waals surface area contributed by atoms with Crippen LogP contribution in [0.15, 0.2) is 28.8 Å². The summed E-state index contributed by atoms with van der Waals surface area (Å²) >= 11 is 0. The summed E-state index contributed by atoms with van der Waals surface area (Å²) in [7, 11) is 3.76. The van der Waals surface area contributed by atoms with Crippen LogP contribution < -0.4 is 4.74 Å². The Labute approximate surface area is 161 Å². The summed E-state index contributed by atoms with van der Waals surface area (Å²) in [5.41, 5.74) is 2.23. The van der Waals surface area contributed by atoms with Crippen LogP contribution >= 0.6 is 0 Å². The van der Waals surface area contributed by atoms with Gasteiger partial charge in [-0.2, -0.15) is 0 Å². The molecular formula is C21H29N3O3. The number of piperazine rings is 1. The van der Waals surface area contributed by atoms with Gasteiger partial charge in [-0.3, -0.25) is 9.69 Å². The van der Waals surface area contributed by atoms with E-state index in [2.05, 4.69) is 23.2 Å². The summed E-state index contributed by atoms with van der Waals surface area (Å²) < 4.78 is 10.7. The van der Waals surface area contributed by atoms with Crippen LogP contribution in [-0.4, -0.2) is 54.7 Å². The van der Waals surface area contributed by atoms with Crippen LogP contribution in [0.1, 0.15) is 54.2 Å². The first-order valence-electron chi connectivity index (χ1n) is 9.32. The smallest absolute Gasteiger partial charge is 0.259 e. The van der Waals surface area contributed by atoms with E-state index < -0.39 is 0 Å². The third-order valence-corrected chi connectivity index (χ3v) is 5.20. The Balaban J connectivity index is 1.88. The molecule has 2 aromatic rings. The van der Waals surface area contributed by atoms with Gasteiger partial charge in [0, 0.05) is 25.0 Å². The fourth-order valence-corrected chi connectivity index (χ4v) is 3.56. The summed E-state index contributed by atoms with van der Waals surface area (Å²) in [5, 5.41) is 4.17. The van der Waals surface area contributed by atoms with Crippen LogP contribution in [0.2, 0.25) is 0 Å². The van der Waals surface area contributed by atoms with Gasteiger partial charge in [0.2, 0.25) is 0 Å². The Morgan fingerprint density at radius 2 is 2.04 bits per heavy atom. The molecule has 0 spiro atoms. The fourth-order valence-electron chi connectivity index (χ4n) is 3.56. The minimum atomic E-state index is -0.248. The van der Waals surface area contributed by atoms with Gasteiger partial charge in [0.15, 0.2) is 0 Å². The average molecular weight is 371 g/mol. The van der Waals surface area contributed by atoms with Crippen LogP contribution in [0.25, 0.3) is 0 Å². The zero-order chi connectivity index (χ0) is 19.8. The summed E-state index contributed by atoms with van der Waals surface area (Å²) in [4.78, 5) is 17.5. The Hall–Kier alpha value is -2.34. The molecule has 1 fully saturated rings. The number of hydrogen-bond donors (Lipinski definition) is 0. The fraction of sp³-hybridized carbons (Fsp3) is 0.524. The van der Waals surface area contributed by atoms with Gasteiger partial charge in [-0.15, -0.1) is 0 Å². The normalized spacial score (nSPS) is 18.6. The van der Waals surface area contributed by atoms with E-state index in [1.165, 1.54) is 0 Å². The summed E-state index contributed by atoms with van der Waals surface area (Å²) in [6, 6.07) is 8.18. The maximum atomic E-state index is 13.3. The van der Waals surface area contributed by atoms with Crippen molar-refractivity contribution in [3.05, 3.63) is 46.8 Å². The molecule has 3 rings (SSSR count). The quantitative estimate of drug-likeness (QED) is 0.827. The van der Waals surface area contributed by atoms with Crippen molar-refractivity contribution in [3.63, 3.8) is 0 Å². The Morgan fingerprint density at radius 1 is 1.30 bits per heavy atom. The first-order valence-corrected chi connectivity index (χ1v) is 9.32. The number of nitrogens with zero attached hydrogens (tertiary/aromatic N) is 3. The molecule has 27 heavy (non-hydrogen) atoms. The first-order chi connectivity index (χ1) is 12.7. The second-order valence-corrected chi connectivity index (χ2v) is 8.24. The third kappa shape index (κ3) is 3.86. The van der Waals surface area contributed by atoms with Gasteiger partial charge in [-0.25, -0.2) is 0 Å². The van der Waals surface area contributed by atoms with Crippen molar-refractivity contribution in [2.45, 2.75) is 39.2 Å². The molecule has 6 nitrogen and oxygen atoms in total. The predicted octanol–water partition coefficient (Wildman–Crippen LogP) is 3.42. The third-order valence-electron chi connectivity index (χ3n) is 5.20. The molecule has 0 saturated carbocycles. The van der Waals surface area contributed by atoms with Crippen LogP contribution in [0.5, 0.6) is 5.75 Å². The van der Waals surface area contributed by atoms with Crippen molar-refractivity contribution in [2.24, 2.45) is 0 Å². The number of benzene rings is 1. The molecule has 0 bridgehead atoms. The second kappa shape index (κ2) is 7.35. The van der Waals surface area contributed by atoms with E-state index in [0.717, 1.165) is 23.6 Å². The van der Waals surface area contributed by atoms with E-state index in [1.807, 2.05) is 50.8 Å². The molecule has 0 N–H and O–H groups in total. The van der Waals surface area contributed by atoms with E-state index >= 15 is 0 Å². The van der Waals surface area contributed by atoms with Gasteiger partial charge in [-0.1, -0.05) is 38.1 Å². The summed E-state index contributed by atoms with van der Waals surface area (Å²) in [6.07, 6.45) is 0. The summed E-state index contributed by atoms with van der Waals surface area (Å²) in [6.45, 7) is 10.1. The van der Waals surface area contributed by atoms with E-state index in [9.17, 15) is 4.79 Å². The number of ether oxygens (including phenoxy) is 1. The largest absolute Gasteiger partial charge is 0.497 e. The summed E-state index contributed by atoms with van der Waals surface area (Å²) in [5.74, 6) is 1.41. The van der Waals surface area contributed by atoms with E-state index in [1.54, 1.807) is 7.11 Å². The van der Waals surface area contributed by atoms with E-state index in [0.29, 0.717) is 24.4 Å². The molecule has 1 amide bonds. The standard InChI is InChI=1S/C21H29N3O3/c1-14-18(19(22-27-14)21(2,3)4)20(25)24-11-10-23(5)17(13-24)15-8-7-9-16(12-15)26-6/h7-9,12,17H,10-11,13H2,1-6H3. The number of aromatic nitrogens is 1. The molecular weight excluding hydrogens is 342 g/mol. The average Bonchev–Trinajstić information content (AvgIpc) is 3.03. The molecule has 1 aliphatic rings. The lowest BCUT2D eigenvalue weighted by molar-refractivity contribution is 0.0542. The second-order valence-electron chi connectivity index (χ2n) is 8.24. The molecule has 1 atom stereocenters. The van der Waals surface area contributed by atoms with Crippen molar-refractivity contribution in [3.8, 4) is 5.75 Å². The van der Waals surface area contributed by atoms with Gasteiger partial charge in [0.1, 0.15) is 22.8 Å². The monoisotopic (exact) mass is 371 g/mol. The maximum absolute atomic E-state index is 13.3. The van der Waals surface area contributed by atoms with Gasteiger partial charge in [0.25, 0.3) is 5.91 Å². The van der Waals surface area contributed by atoms with Gasteiger partial charge in [-0.05, 0) is 31.7 Å². The maximum Gasteiger partial charge on any atom is 0.259 e. The van der Waals surface area contributed by atoms with Gasteiger partial charge >= 0.3 is 0 Å². The minimum absolute atomic E-state index is 0.000305. The molecule has 6 heteroatoms. The molecule has 1 aromatic heterocycles. The minimum Gasteiger partial charge on any atom is -0.497 e. The number of aryl methyl sites for hydroxylation is 1. The molecule has 1 aliphatic heterocycles. The number of likely N-dealkylation sites (N-methyl/N-ethyl adjacent to an activating group) is 1. The number of carbonyl (C=O) groups is 1. The topological polar surface area (TPSA) is 58.8 Å². The van der Waals surface area contributed by atoms with Crippen LogP contribution in [0.4, 0.5) is 0 Å². The Kier molecular flexibility index (Phi) is 5.29. The zero-order valence-corrected chi connectivity index (χ0v) is 17.1. The van der Waals surface area contributed by atoms with Crippen molar-refractivity contribution < 1.29 is 14.1 Å². The van der Waals surface area contributed by atoms with Crippen LogP contribution in [0.3, 0.4) is 0 Å². The lowest BCUT2D eigenvalue weighted by Crippen LogP contribution is -2.49. The molecule has 146 valence electrons. The highest BCUT2D eigenvalue weighted by molar-refractivity contribution is 5.96. The van der Waals surface area contributed by atoms with Crippen LogP contribution in [-0.2, 0) is 5.41 Å². The highest BCUT2D eigenvalue weighted by Gasteiger charge is 2.35. The number of carbonyl (C=O) groups excluding carboxylic acids is 1. The van der Waals surface area contributed by atoms with Gasteiger partial charge in [0.05, 0.1) is 13.2 Å². The molecule has 0 radical (unpaired) electrons. The van der Waals surface area contributed by atoms with Crippen molar-refractivity contribution in [1.82, 2.24) is 15.0 Å². The molecule has 1 aromatic carbocycles. The molecule has 2 heterocycles. The Morgan fingerprint density at radius 3 is 2.70 bits per heavy atom. The number of rotatable bonds is 3. The number of amides is 1. The van der Waals surface area contributed by atoms with Gasteiger partial charge < -0.3 is 14.2 Å². The Bertz CT molecular complexity index is 822. The lowest BCUT2D eigenvalue weighted by atomic mass is 9.88. The van der Waals surface area contributed by atoms with Crippen molar-refractivity contribution >= 4 is 5.91 Å². The van der Waals surface area contributed by atoms with E-state index in [4.69, 9.17) is 9.26 Å². The highest BCUT2D eigenvalue weighted by Crippen LogP contribution is 2.31. The van der Waals surface area contributed by atoms with Crippen molar-refractivity contribution in [1.29, 1.82) is 0 Å². The number of hydrogen-bond acceptors (Lipinski definition) is 5. The molecule has 0 aliphatic carbocycles. The predicted molar refractivity (Wildman–Crippen MR) is 104 cm³/mol. The molecule has 1 unspecified atom stereocenters. The first kappa shape index (κ1) is 19.4. The highest BCUT2D eigenvalue weighted by atomic mass is 16.5. The van der Waals surface area contributed by atoms with Crippen LogP contribution in [0, 0.1) is 6.92 Å².